The highest BCUT2D eigenvalue weighted by molar-refractivity contribution is 5.68. The van der Waals surface area contributed by atoms with Crippen molar-refractivity contribution < 1.29 is 19.2 Å². The van der Waals surface area contributed by atoms with Crippen molar-refractivity contribution >= 4 is 11.9 Å². The van der Waals surface area contributed by atoms with Gasteiger partial charge in [0.25, 0.3) is 0 Å². The molecule has 3 aliphatic rings. The predicted molar refractivity (Wildman–Crippen MR) is 117 cm³/mol. The van der Waals surface area contributed by atoms with E-state index < -0.39 is 16.1 Å². The molecule has 0 bridgehead atoms. The first-order chi connectivity index (χ1) is 15.0. The van der Waals surface area contributed by atoms with Crippen molar-refractivity contribution in [1.29, 1.82) is 0 Å². The molecule has 0 saturated carbocycles. The van der Waals surface area contributed by atoms with Gasteiger partial charge < -0.3 is 24.5 Å². The molecule has 0 spiro atoms. The number of likely N-dealkylation sites (tertiary alicyclic amines) is 1. The Hall–Kier alpha value is -2.40. The van der Waals surface area contributed by atoms with Gasteiger partial charge in [0.15, 0.2) is 0 Å². The fourth-order valence-electron chi connectivity index (χ4n) is 4.86. The second-order valence-electron chi connectivity index (χ2n) is 10.3. The van der Waals surface area contributed by atoms with Crippen LogP contribution in [0.3, 0.4) is 0 Å². The maximum atomic E-state index is 12.3. The molecule has 4 heterocycles. The van der Waals surface area contributed by atoms with Crippen molar-refractivity contribution in [3.8, 4) is 6.01 Å². The molecule has 0 aliphatic carbocycles. The monoisotopic (exact) mass is 450 g/mol. The van der Waals surface area contributed by atoms with E-state index in [-0.39, 0.29) is 11.9 Å². The molecule has 11 nitrogen and oxygen atoms in total. The Kier molecular flexibility index (Phi) is 6.06. The van der Waals surface area contributed by atoms with Gasteiger partial charge in [-0.2, -0.15) is 0 Å². The zero-order valence-electron chi connectivity index (χ0n) is 19.5. The maximum Gasteiger partial charge on any atom is 0.415 e. The van der Waals surface area contributed by atoms with E-state index in [9.17, 15) is 14.9 Å². The van der Waals surface area contributed by atoms with Crippen molar-refractivity contribution in [3.63, 3.8) is 0 Å². The van der Waals surface area contributed by atoms with Crippen LogP contribution in [0.2, 0.25) is 0 Å². The summed E-state index contributed by atoms with van der Waals surface area (Å²) in [6, 6.07) is 0.828. The molecule has 178 valence electrons. The highest BCUT2D eigenvalue weighted by atomic mass is 16.6. The number of aromatic nitrogens is 2. The number of hydrogen-bond acceptors (Lipinski definition) is 8. The average molecular weight is 451 g/mol. The van der Waals surface area contributed by atoms with Crippen molar-refractivity contribution in [2.75, 3.05) is 45.8 Å². The van der Waals surface area contributed by atoms with E-state index in [1.165, 1.54) is 6.20 Å². The Morgan fingerprint density at radius 1 is 1.25 bits per heavy atom. The van der Waals surface area contributed by atoms with Gasteiger partial charge in [-0.15, -0.1) is 0 Å². The number of fused-ring (bicyclic) bond motifs is 1. The summed E-state index contributed by atoms with van der Waals surface area (Å²) in [6.07, 6.45) is 3.18. The number of hydrogen-bond donors (Lipinski definition) is 0. The Morgan fingerprint density at radius 3 is 2.47 bits per heavy atom. The number of piperidine rings is 1. The van der Waals surface area contributed by atoms with E-state index in [1.54, 1.807) is 4.57 Å². The summed E-state index contributed by atoms with van der Waals surface area (Å²) in [4.78, 5) is 33.4. The lowest BCUT2D eigenvalue weighted by Crippen LogP contribution is -2.56. The molecule has 11 heteroatoms. The zero-order chi connectivity index (χ0) is 23.1. The summed E-state index contributed by atoms with van der Waals surface area (Å²) in [5, 5.41) is 10.9. The topological polar surface area (TPSA) is 106 Å². The number of carbonyl (C=O) groups excluding carboxylic acids is 1. The molecule has 1 aromatic rings. The largest absolute Gasteiger partial charge is 0.444 e. The normalized spacial score (nSPS) is 25.4. The number of piperazine rings is 1. The van der Waals surface area contributed by atoms with Crippen molar-refractivity contribution in [2.24, 2.45) is 0 Å². The third kappa shape index (κ3) is 5.15. The zero-order valence-corrected chi connectivity index (χ0v) is 19.5. The molecule has 4 rings (SSSR count). The van der Waals surface area contributed by atoms with Gasteiger partial charge >= 0.3 is 17.9 Å². The molecule has 32 heavy (non-hydrogen) atoms. The number of nitrogens with zero attached hydrogens (tertiary/aromatic N) is 6. The van der Waals surface area contributed by atoms with Crippen LogP contribution in [0.25, 0.3) is 0 Å². The third-order valence-corrected chi connectivity index (χ3v) is 6.35. The molecule has 0 radical (unpaired) electrons. The van der Waals surface area contributed by atoms with Crippen molar-refractivity contribution in [3.05, 3.63) is 16.3 Å². The lowest BCUT2D eigenvalue weighted by molar-refractivity contribution is -0.389. The second kappa shape index (κ2) is 8.51. The molecule has 1 aromatic heterocycles. The smallest absolute Gasteiger partial charge is 0.415 e. The molecule has 0 N–H and O–H groups in total. The summed E-state index contributed by atoms with van der Waals surface area (Å²) in [6.45, 7) is 14.4. The van der Waals surface area contributed by atoms with E-state index >= 15 is 0 Å². The van der Waals surface area contributed by atoms with E-state index in [2.05, 4.69) is 14.8 Å². The average Bonchev–Trinajstić information content (AvgIpc) is 3.22. The fraction of sp³-hybridized carbons (Fsp3) is 0.810. The van der Waals surface area contributed by atoms with Gasteiger partial charge in [-0.1, -0.05) is 0 Å². The molecule has 3 aliphatic heterocycles. The number of nitro groups is 1. The Labute approximate surface area is 188 Å². The van der Waals surface area contributed by atoms with Crippen LogP contribution in [0.5, 0.6) is 6.01 Å². The number of rotatable bonds is 4. The van der Waals surface area contributed by atoms with E-state index in [4.69, 9.17) is 9.47 Å². The summed E-state index contributed by atoms with van der Waals surface area (Å²) < 4.78 is 13.2. The summed E-state index contributed by atoms with van der Waals surface area (Å²) in [7, 11) is 0. The van der Waals surface area contributed by atoms with Crippen LogP contribution in [0.4, 0.5) is 10.6 Å². The molecular formula is C21H34N6O5. The fourth-order valence-corrected chi connectivity index (χ4v) is 4.86. The van der Waals surface area contributed by atoms with Gasteiger partial charge in [0.2, 0.25) is 0 Å². The van der Waals surface area contributed by atoms with Crippen LogP contribution < -0.4 is 4.74 Å². The predicted octanol–water partition coefficient (Wildman–Crippen LogP) is 1.96. The van der Waals surface area contributed by atoms with Crippen LogP contribution in [-0.4, -0.2) is 98.3 Å². The first-order valence-corrected chi connectivity index (χ1v) is 11.4. The Bertz CT molecular complexity index is 826. The quantitative estimate of drug-likeness (QED) is 0.506. The minimum Gasteiger partial charge on any atom is -0.444 e. The molecular weight excluding hydrogens is 416 g/mol. The van der Waals surface area contributed by atoms with Crippen molar-refractivity contribution in [2.45, 2.75) is 64.3 Å². The van der Waals surface area contributed by atoms with Gasteiger partial charge in [0.05, 0.1) is 6.54 Å². The van der Waals surface area contributed by atoms with Gasteiger partial charge in [0.1, 0.15) is 17.4 Å². The van der Waals surface area contributed by atoms with E-state index in [1.807, 2.05) is 32.6 Å². The number of ether oxygens (including phenoxy) is 2. The van der Waals surface area contributed by atoms with Gasteiger partial charge in [-0.05, 0) is 45.5 Å². The second-order valence-corrected chi connectivity index (χ2v) is 10.3. The summed E-state index contributed by atoms with van der Waals surface area (Å²) in [5.74, 6) is -0.173. The standard InChI is InChI=1S/C21H34N6O5/c1-20(2,3)32-19(28)25-7-5-16(6-8-25)24-11-9-23(10-12-24)14-21(4)15-26-13-17(27(29)30)22-18(26)31-21/h13,16H,5-12,14-15H2,1-4H3/t21-/m0/s1. The minimum absolute atomic E-state index is 0.173. The van der Waals surface area contributed by atoms with Crippen LogP contribution in [0, 0.1) is 10.1 Å². The highest BCUT2D eigenvalue weighted by Crippen LogP contribution is 2.32. The first kappa shape index (κ1) is 22.8. The van der Waals surface area contributed by atoms with Crippen LogP contribution in [0.15, 0.2) is 6.20 Å². The van der Waals surface area contributed by atoms with Crippen LogP contribution >= 0.6 is 0 Å². The Morgan fingerprint density at radius 2 is 1.91 bits per heavy atom. The van der Waals surface area contributed by atoms with Crippen molar-refractivity contribution in [1.82, 2.24) is 24.3 Å². The number of carbonyl (C=O) groups is 1. The van der Waals surface area contributed by atoms with Gasteiger partial charge in [-0.3, -0.25) is 14.4 Å². The Balaban J connectivity index is 1.21. The maximum absolute atomic E-state index is 12.3. The van der Waals surface area contributed by atoms with E-state index in [0.717, 1.165) is 58.7 Å². The SMILES string of the molecule is CC(C)(C)OC(=O)N1CCC(N2CCN(C[C@@]3(C)Cn4cc([N+](=O)[O-])nc4O3)CC2)CC1. The van der Waals surface area contributed by atoms with Crippen LogP contribution in [-0.2, 0) is 11.3 Å². The van der Waals surface area contributed by atoms with Gasteiger partial charge in [0, 0.05) is 56.8 Å². The van der Waals surface area contributed by atoms with Crippen LogP contribution in [0.1, 0.15) is 40.5 Å². The number of imidazole rings is 1. The lowest BCUT2D eigenvalue weighted by atomic mass is 10.0. The number of amides is 1. The first-order valence-electron chi connectivity index (χ1n) is 11.4. The van der Waals surface area contributed by atoms with E-state index in [0.29, 0.717) is 18.6 Å². The summed E-state index contributed by atoms with van der Waals surface area (Å²) in [5.41, 5.74) is -0.893. The molecule has 0 aromatic carbocycles. The highest BCUT2D eigenvalue weighted by Gasteiger charge is 2.42. The molecule has 1 amide bonds. The molecule has 0 unspecified atom stereocenters. The lowest BCUT2D eigenvalue weighted by Gasteiger charge is -2.43. The minimum atomic E-state index is -0.497. The molecule has 1 atom stereocenters. The van der Waals surface area contributed by atoms with Gasteiger partial charge in [-0.25, -0.2) is 4.79 Å². The third-order valence-electron chi connectivity index (χ3n) is 6.35. The summed E-state index contributed by atoms with van der Waals surface area (Å²) >= 11 is 0. The molecule has 2 fully saturated rings. The molecule has 2 saturated heterocycles.